The first kappa shape index (κ1) is 20.4. The molecular weight excluding hydrogens is 372 g/mol. The smallest absolute Gasteiger partial charge is 0.303 e. The van der Waals surface area contributed by atoms with Crippen LogP contribution in [-0.4, -0.2) is 38.9 Å². The van der Waals surface area contributed by atoms with Crippen LogP contribution in [0.5, 0.6) is 5.75 Å². The van der Waals surface area contributed by atoms with Gasteiger partial charge < -0.3 is 20.4 Å². The Balaban J connectivity index is 1.73. The number of hydrogen-bond acceptors (Lipinski definition) is 4. The summed E-state index contributed by atoms with van der Waals surface area (Å²) in [5.74, 6) is -1.40. The average molecular weight is 396 g/mol. The van der Waals surface area contributed by atoms with Crippen molar-refractivity contribution in [1.82, 2.24) is 4.90 Å². The molecule has 7 heteroatoms. The van der Waals surface area contributed by atoms with E-state index in [1.165, 1.54) is 6.07 Å². The minimum atomic E-state index is -0.892. The maximum absolute atomic E-state index is 12.9. The number of nitrogens with zero attached hydrogens (tertiary/aromatic N) is 1. The number of rotatable bonds is 8. The average Bonchev–Trinajstić information content (AvgIpc) is 3.05. The molecule has 0 radical (unpaired) electrons. The van der Waals surface area contributed by atoms with Crippen LogP contribution in [0.1, 0.15) is 36.8 Å². The molecule has 0 aliphatic carbocycles. The summed E-state index contributed by atoms with van der Waals surface area (Å²) in [6.07, 6.45) is 1.53. The molecule has 7 nitrogen and oxygen atoms in total. The molecule has 1 saturated heterocycles. The van der Waals surface area contributed by atoms with Gasteiger partial charge in [0.1, 0.15) is 11.8 Å². The van der Waals surface area contributed by atoms with Crippen LogP contribution >= 0.6 is 0 Å². The maximum Gasteiger partial charge on any atom is 0.303 e. The summed E-state index contributed by atoms with van der Waals surface area (Å²) in [5.41, 5.74) is 1.89. The zero-order valence-electron chi connectivity index (χ0n) is 16.0. The summed E-state index contributed by atoms with van der Waals surface area (Å²) in [7, 11) is 0. The van der Waals surface area contributed by atoms with Crippen LogP contribution in [0.3, 0.4) is 0 Å². The van der Waals surface area contributed by atoms with E-state index in [0.717, 1.165) is 5.56 Å². The number of phenolic OH excluding ortho intramolecular Hbond substituents is 1. The minimum Gasteiger partial charge on any atom is -0.506 e. The molecule has 1 atom stereocenters. The summed E-state index contributed by atoms with van der Waals surface area (Å²) in [4.78, 5) is 37.6. The molecule has 0 spiro atoms. The molecule has 3 N–H and O–H groups in total. The van der Waals surface area contributed by atoms with E-state index in [4.69, 9.17) is 5.11 Å². The number of carbonyl (C=O) groups excluding carboxylic acids is 2. The number of likely N-dealkylation sites (tertiary alicyclic amines) is 1. The second kappa shape index (κ2) is 9.23. The highest BCUT2D eigenvalue weighted by Crippen LogP contribution is 2.30. The third-order valence-electron chi connectivity index (χ3n) is 5.04. The number of para-hydroxylation sites is 1. The third kappa shape index (κ3) is 5.13. The van der Waals surface area contributed by atoms with Crippen molar-refractivity contribution in [1.29, 1.82) is 0 Å². The molecule has 0 saturated carbocycles. The molecule has 2 amide bonds. The Morgan fingerprint density at radius 2 is 1.86 bits per heavy atom. The van der Waals surface area contributed by atoms with E-state index in [1.807, 2.05) is 30.3 Å². The fourth-order valence-electron chi connectivity index (χ4n) is 3.56. The highest BCUT2D eigenvalue weighted by atomic mass is 16.4. The van der Waals surface area contributed by atoms with Crippen LogP contribution in [0.4, 0.5) is 5.69 Å². The second-order valence-corrected chi connectivity index (χ2v) is 7.11. The zero-order valence-corrected chi connectivity index (χ0v) is 16.0. The van der Waals surface area contributed by atoms with Gasteiger partial charge in [0.15, 0.2) is 0 Å². The number of carboxylic acid groups (broad SMARTS) is 1. The molecule has 0 unspecified atom stereocenters. The summed E-state index contributed by atoms with van der Waals surface area (Å²) in [6.45, 7) is 0.351. The minimum absolute atomic E-state index is 0.00498. The van der Waals surface area contributed by atoms with Gasteiger partial charge in [0, 0.05) is 19.4 Å². The highest BCUT2D eigenvalue weighted by molar-refractivity contribution is 6.00. The first-order chi connectivity index (χ1) is 14.0. The van der Waals surface area contributed by atoms with Gasteiger partial charge in [-0.3, -0.25) is 14.4 Å². The molecule has 29 heavy (non-hydrogen) atoms. The fraction of sp³-hybridized carbons (Fsp3) is 0.318. The van der Waals surface area contributed by atoms with Gasteiger partial charge >= 0.3 is 5.97 Å². The van der Waals surface area contributed by atoms with E-state index in [0.29, 0.717) is 37.8 Å². The van der Waals surface area contributed by atoms with Crippen LogP contribution in [0.2, 0.25) is 0 Å². The number of aromatic hydroxyl groups is 1. The van der Waals surface area contributed by atoms with Gasteiger partial charge in [-0.05, 0) is 36.5 Å². The van der Waals surface area contributed by atoms with Crippen LogP contribution in [0.15, 0.2) is 48.5 Å². The van der Waals surface area contributed by atoms with Crippen LogP contribution in [0.25, 0.3) is 0 Å². The molecular formula is C22H24N2O5. The normalized spacial score (nSPS) is 16.1. The van der Waals surface area contributed by atoms with E-state index in [9.17, 15) is 19.5 Å². The predicted octanol–water partition coefficient (Wildman–Crippen LogP) is 2.93. The standard InChI is InChI=1S/C22H24N2O5/c25-18-10-4-8-16(9-5-11-20(27)28)21(18)23-22(29)17-12-13-19(26)24(17)14-15-6-2-1-3-7-15/h1-4,6-8,10,17,25H,5,9,11-14H2,(H,23,29)(H,27,28)/t17-/m1/s1. The van der Waals surface area contributed by atoms with Crippen molar-refractivity contribution in [2.75, 3.05) is 5.32 Å². The first-order valence-electron chi connectivity index (χ1n) is 9.62. The fourth-order valence-corrected chi connectivity index (χ4v) is 3.56. The largest absolute Gasteiger partial charge is 0.506 e. The molecule has 2 aromatic carbocycles. The van der Waals surface area contributed by atoms with Gasteiger partial charge in [0.05, 0.1) is 5.69 Å². The molecule has 1 heterocycles. The van der Waals surface area contributed by atoms with E-state index >= 15 is 0 Å². The Bertz CT molecular complexity index is 897. The molecule has 1 fully saturated rings. The van der Waals surface area contributed by atoms with Gasteiger partial charge in [-0.15, -0.1) is 0 Å². The Morgan fingerprint density at radius 1 is 1.10 bits per heavy atom. The quantitative estimate of drug-likeness (QED) is 0.595. The monoisotopic (exact) mass is 396 g/mol. The van der Waals surface area contributed by atoms with Gasteiger partial charge in [0.25, 0.3) is 0 Å². The van der Waals surface area contributed by atoms with Crippen LogP contribution in [-0.2, 0) is 27.3 Å². The van der Waals surface area contributed by atoms with Gasteiger partial charge in [-0.2, -0.15) is 0 Å². The predicted molar refractivity (Wildman–Crippen MR) is 107 cm³/mol. The van der Waals surface area contributed by atoms with E-state index in [2.05, 4.69) is 5.32 Å². The van der Waals surface area contributed by atoms with Crippen molar-refractivity contribution < 1.29 is 24.6 Å². The number of amides is 2. The van der Waals surface area contributed by atoms with Crippen molar-refractivity contribution in [3.63, 3.8) is 0 Å². The van der Waals surface area contributed by atoms with Crippen molar-refractivity contribution in [3.8, 4) is 5.75 Å². The molecule has 1 aliphatic rings. The van der Waals surface area contributed by atoms with Crippen molar-refractivity contribution >= 4 is 23.5 Å². The Morgan fingerprint density at radius 3 is 2.59 bits per heavy atom. The summed E-state index contributed by atoms with van der Waals surface area (Å²) >= 11 is 0. The number of phenols is 1. The van der Waals surface area contributed by atoms with Crippen molar-refractivity contribution in [2.24, 2.45) is 0 Å². The number of carbonyl (C=O) groups is 3. The zero-order chi connectivity index (χ0) is 20.8. The van der Waals surface area contributed by atoms with Crippen molar-refractivity contribution in [3.05, 3.63) is 59.7 Å². The molecule has 0 aromatic heterocycles. The molecule has 1 aliphatic heterocycles. The van der Waals surface area contributed by atoms with E-state index in [1.54, 1.807) is 17.0 Å². The van der Waals surface area contributed by atoms with E-state index in [-0.39, 0.29) is 29.7 Å². The number of anilines is 1. The summed E-state index contributed by atoms with van der Waals surface area (Å²) in [5, 5.41) is 21.8. The van der Waals surface area contributed by atoms with Crippen LogP contribution < -0.4 is 5.32 Å². The Labute approximate surface area is 169 Å². The first-order valence-corrected chi connectivity index (χ1v) is 9.62. The lowest BCUT2D eigenvalue weighted by Crippen LogP contribution is -2.41. The Kier molecular flexibility index (Phi) is 6.49. The van der Waals surface area contributed by atoms with Gasteiger partial charge in [-0.25, -0.2) is 0 Å². The lowest BCUT2D eigenvalue weighted by molar-refractivity contribution is -0.137. The molecule has 152 valence electrons. The number of benzene rings is 2. The number of aliphatic carboxylic acids is 1. The van der Waals surface area contributed by atoms with E-state index < -0.39 is 12.0 Å². The van der Waals surface area contributed by atoms with Gasteiger partial charge in [-0.1, -0.05) is 42.5 Å². The molecule has 0 bridgehead atoms. The lowest BCUT2D eigenvalue weighted by Gasteiger charge is -2.25. The lowest BCUT2D eigenvalue weighted by atomic mass is 10.0. The third-order valence-corrected chi connectivity index (χ3v) is 5.04. The maximum atomic E-state index is 12.9. The number of hydrogen-bond donors (Lipinski definition) is 3. The number of carboxylic acids is 1. The van der Waals surface area contributed by atoms with Crippen LogP contribution in [0, 0.1) is 0 Å². The topological polar surface area (TPSA) is 107 Å². The van der Waals surface area contributed by atoms with Gasteiger partial charge in [0.2, 0.25) is 11.8 Å². The number of aryl methyl sites for hydroxylation is 1. The molecule has 3 rings (SSSR count). The highest BCUT2D eigenvalue weighted by Gasteiger charge is 2.36. The Hall–Kier alpha value is -3.35. The molecule has 2 aromatic rings. The summed E-state index contributed by atoms with van der Waals surface area (Å²) in [6, 6.07) is 13.7. The van der Waals surface area contributed by atoms with Crippen molar-refractivity contribution in [2.45, 2.75) is 44.7 Å². The SMILES string of the molecule is O=C(O)CCCc1cccc(O)c1NC(=O)[C@H]1CCC(=O)N1Cc1ccccc1. The summed E-state index contributed by atoms with van der Waals surface area (Å²) < 4.78 is 0. The number of nitrogens with one attached hydrogen (secondary N) is 1. The second-order valence-electron chi connectivity index (χ2n) is 7.11.